The Hall–Kier alpha value is -0.570. The van der Waals surface area contributed by atoms with E-state index in [0.717, 1.165) is 12.1 Å². The van der Waals surface area contributed by atoms with Gasteiger partial charge in [-0.15, -0.1) is 0 Å². The van der Waals surface area contributed by atoms with Gasteiger partial charge in [0, 0.05) is 30.3 Å². The van der Waals surface area contributed by atoms with Crippen LogP contribution in [0.1, 0.15) is 12.6 Å². The average molecular weight is 168 g/mol. The van der Waals surface area contributed by atoms with Crippen LogP contribution in [0.4, 0.5) is 0 Å². The van der Waals surface area contributed by atoms with Crippen molar-refractivity contribution >= 4 is 11.8 Å². The maximum Gasteiger partial charge on any atom is 0.0597 e. The minimum atomic E-state index is 0.631. The molecule has 1 rings (SSSR count). The third-order valence-corrected chi connectivity index (χ3v) is 2.49. The lowest BCUT2D eigenvalue weighted by Gasteiger charge is -2.05. The van der Waals surface area contributed by atoms with Gasteiger partial charge in [0.2, 0.25) is 0 Å². The lowest BCUT2D eigenvalue weighted by Crippen LogP contribution is -2.02. The van der Waals surface area contributed by atoms with Crippen LogP contribution < -0.4 is 0 Å². The summed E-state index contributed by atoms with van der Waals surface area (Å²) in [6, 6.07) is 0. The molecule has 1 aromatic heterocycles. The van der Waals surface area contributed by atoms with Crippen molar-refractivity contribution < 1.29 is 0 Å². The Morgan fingerprint density at radius 3 is 2.91 bits per heavy atom. The molecule has 2 nitrogen and oxygen atoms in total. The van der Waals surface area contributed by atoms with Crippen LogP contribution in [0.2, 0.25) is 0 Å². The summed E-state index contributed by atoms with van der Waals surface area (Å²) in [6.45, 7) is 2.19. The topological polar surface area (TPSA) is 25.8 Å². The van der Waals surface area contributed by atoms with Gasteiger partial charge in [0.1, 0.15) is 0 Å². The van der Waals surface area contributed by atoms with Gasteiger partial charge in [-0.25, -0.2) is 0 Å². The molecule has 0 saturated heterocycles. The Morgan fingerprint density at radius 1 is 1.55 bits per heavy atom. The number of hydrogen-bond donors (Lipinski definition) is 0. The molecule has 0 saturated carbocycles. The molecule has 60 valence electrons. The van der Waals surface area contributed by atoms with Gasteiger partial charge in [-0.05, 0) is 6.26 Å². The van der Waals surface area contributed by atoms with Gasteiger partial charge >= 0.3 is 0 Å². The quantitative estimate of drug-likeness (QED) is 0.688. The van der Waals surface area contributed by atoms with E-state index < -0.39 is 0 Å². The zero-order chi connectivity index (χ0) is 8.10. The molecule has 3 heteroatoms. The largest absolute Gasteiger partial charge is 0.261 e. The van der Waals surface area contributed by atoms with E-state index in [9.17, 15) is 0 Å². The molecule has 0 fully saturated rings. The molecule has 11 heavy (non-hydrogen) atoms. The molecule has 1 atom stereocenters. The van der Waals surface area contributed by atoms with Crippen LogP contribution in [-0.4, -0.2) is 21.5 Å². The fraction of sp³-hybridized carbons (Fsp3) is 0.500. The van der Waals surface area contributed by atoms with Gasteiger partial charge in [-0.1, -0.05) is 6.92 Å². The summed E-state index contributed by atoms with van der Waals surface area (Å²) in [5.41, 5.74) is 1.08. The minimum absolute atomic E-state index is 0.631. The first kappa shape index (κ1) is 8.53. The second-order valence-corrected chi connectivity index (χ2v) is 3.72. The summed E-state index contributed by atoms with van der Waals surface area (Å²) in [5, 5.41) is 0.631. The SMILES string of the molecule is CSC(C)Cc1cnccn1. The summed E-state index contributed by atoms with van der Waals surface area (Å²) < 4.78 is 0. The molecule has 1 unspecified atom stereocenters. The molecule has 0 aromatic carbocycles. The normalized spacial score (nSPS) is 12.9. The highest BCUT2D eigenvalue weighted by Crippen LogP contribution is 2.09. The Morgan fingerprint density at radius 2 is 2.36 bits per heavy atom. The third kappa shape index (κ3) is 2.89. The highest BCUT2D eigenvalue weighted by molar-refractivity contribution is 7.99. The van der Waals surface area contributed by atoms with E-state index in [1.165, 1.54) is 0 Å². The highest BCUT2D eigenvalue weighted by atomic mass is 32.2. The molecule has 0 aliphatic heterocycles. The van der Waals surface area contributed by atoms with Crippen LogP contribution in [0, 0.1) is 0 Å². The molecule has 0 N–H and O–H groups in total. The molecule has 0 radical (unpaired) electrons. The Bertz CT molecular complexity index is 201. The molecule has 0 amide bonds. The van der Waals surface area contributed by atoms with Crippen molar-refractivity contribution in [1.29, 1.82) is 0 Å². The average Bonchev–Trinajstić information content (AvgIpc) is 2.06. The molecule has 0 spiro atoms. The van der Waals surface area contributed by atoms with E-state index in [4.69, 9.17) is 0 Å². The van der Waals surface area contributed by atoms with Gasteiger partial charge in [0.15, 0.2) is 0 Å². The van der Waals surface area contributed by atoms with E-state index in [0.29, 0.717) is 5.25 Å². The zero-order valence-corrected chi connectivity index (χ0v) is 7.64. The van der Waals surface area contributed by atoms with Crippen molar-refractivity contribution in [2.24, 2.45) is 0 Å². The molecule has 0 aliphatic rings. The van der Waals surface area contributed by atoms with Crippen molar-refractivity contribution in [2.45, 2.75) is 18.6 Å². The van der Waals surface area contributed by atoms with Crippen LogP contribution in [0.3, 0.4) is 0 Å². The van der Waals surface area contributed by atoms with Crippen molar-refractivity contribution in [1.82, 2.24) is 9.97 Å². The standard InChI is InChI=1S/C8H12N2S/c1-7(11-2)5-8-6-9-3-4-10-8/h3-4,6-7H,5H2,1-2H3. The first-order chi connectivity index (χ1) is 5.33. The molecule has 0 bridgehead atoms. The van der Waals surface area contributed by atoms with Crippen molar-refractivity contribution in [3.8, 4) is 0 Å². The van der Waals surface area contributed by atoms with Crippen LogP contribution in [0.15, 0.2) is 18.6 Å². The first-order valence-electron chi connectivity index (χ1n) is 3.60. The van der Waals surface area contributed by atoms with E-state index in [1.54, 1.807) is 12.4 Å². The zero-order valence-electron chi connectivity index (χ0n) is 6.82. The van der Waals surface area contributed by atoms with Gasteiger partial charge in [0.05, 0.1) is 5.69 Å². The van der Waals surface area contributed by atoms with E-state index in [1.807, 2.05) is 18.0 Å². The Kier molecular flexibility index (Phi) is 3.36. The minimum Gasteiger partial charge on any atom is -0.261 e. The van der Waals surface area contributed by atoms with Gasteiger partial charge < -0.3 is 0 Å². The smallest absolute Gasteiger partial charge is 0.0597 e. The molecule has 1 heterocycles. The number of rotatable bonds is 3. The van der Waals surface area contributed by atoms with Crippen LogP contribution >= 0.6 is 11.8 Å². The van der Waals surface area contributed by atoms with Crippen molar-refractivity contribution in [3.05, 3.63) is 24.3 Å². The fourth-order valence-electron chi connectivity index (χ4n) is 0.813. The molecule has 1 aromatic rings. The van der Waals surface area contributed by atoms with Crippen LogP contribution in [-0.2, 0) is 6.42 Å². The number of hydrogen-bond acceptors (Lipinski definition) is 3. The lowest BCUT2D eigenvalue weighted by molar-refractivity contribution is 0.889. The Balaban J connectivity index is 2.51. The number of thioether (sulfide) groups is 1. The number of nitrogens with zero attached hydrogens (tertiary/aromatic N) is 2. The maximum absolute atomic E-state index is 4.19. The lowest BCUT2D eigenvalue weighted by atomic mass is 10.2. The Labute approximate surface area is 71.5 Å². The molecule has 0 aliphatic carbocycles. The van der Waals surface area contributed by atoms with Gasteiger partial charge in [0.25, 0.3) is 0 Å². The summed E-state index contributed by atoms with van der Waals surface area (Å²) in [5.74, 6) is 0. The van der Waals surface area contributed by atoms with E-state index in [-0.39, 0.29) is 0 Å². The summed E-state index contributed by atoms with van der Waals surface area (Å²) in [7, 11) is 0. The van der Waals surface area contributed by atoms with Crippen LogP contribution in [0.5, 0.6) is 0 Å². The summed E-state index contributed by atoms with van der Waals surface area (Å²) >= 11 is 1.85. The maximum atomic E-state index is 4.19. The first-order valence-corrected chi connectivity index (χ1v) is 4.89. The molecular weight excluding hydrogens is 156 g/mol. The monoisotopic (exact) mass is 168 g/mol. The van der Waals surface area contributed by atoms with Gasteiger partial charge in [-0.2, -0.15) is 11.8 Å². The second-order valence-electron chi connectivity index (χ2n) is 2.45. The fourth-order valence-corrected chi connectivity index (χ4v) is 1.15. The second kappa shape index (κ2) is 4.34. The summed E-state index contributed by atoms with van der Waals surface area (Å²) in [6.07, 6.45) is 8.39. The third-order valence-electron chi connectivity index (χ3n) is 1.52. The highest BCUT2D eigenvalue weighted by Gasteiger charge is 2.01. The van der Waals surface area contributed by atoms with Crippen molar-refractivity contribution in [2.75, 3.05) is 6.26 Å². The van der Waals surface area contributed by atoms with Crippen molar-refractivity contribution in [3.63, 3.8) is 0 Å². The number of aromatic nitrogens is 2. The van der Waals surface area contributed by atoms with E-state index in [2.05, 4.69) is 23.1 Å². The predicted octanol–water partition coefficient (Wildman–Crippen LogP) is 1.77. The van der Waals surface area contributed by atoms with Crippen LogP contribution in [0.25, 0.3) is 0 Å². The summed E-state index contributed by atoms with van der Waals surface area (Å²) in [4.78, 5) is 8.19. The van der Waals surface area contributed by atoms with E-state index >= 15 is 0 Å². The molecular formula is C8H12N2S. The predicted molar refractivity (Wildman–Crippen MR) is 48.7 cm³/mol. The van der Waals surface area contributed by atoms with Gasteiger partial charge in [-0.3, -0.25) is 9.97 Å².